The zero-order chi connectivity index (χ0) is 16.2. The molecule has 8 heteroatoms. The van der Waals surface area contributed by atoms with Crippen LogP contribution in [-0.2, 0) is 14.4 Å². The van der Waals surface area contributed by atoms with E-state index in [2.05, 4.69) is 10.6 Å². The first-order valence-electron chi connectivity index (χ1n) is 7.31. The number of carboxylic acid groups (broad SMARTS) is 1. The van der Waals surface area contributed by atoms with Gasteiger partial charge in [-0.05, 0) is 19.3 Å². The Morgan fingerprint density at radius 2 is 1.91 bits per heavy atom. The molecule has 0 spiro atoms. The van der Waals surface area contributed by atoms with E-state index in [4.69, 9.17) is 5.11 Å². The lowest BCUT2D eigenvalue weighted by molar-refractivity contribution is -0.131. The molecule has 0 aromatic rings. The summed E-state index contributed by atoms with van der Waals surface area (Å²) in [7, 11) is 3.89. The lowest BCUT2D eigenvalue weighted by Gasteiger charge is -2.07. The molecule has 1 rings (SSSR count). The Kier molecular flexibility index (Phi) is 9.81. The van der Waals surface area contributed by atoms with E-state index in [9.17, 15) is 14.4 Å². The summed E-state index contributed by atoms with van der Waals surface area (Å²) in [6, 6.07) is 0. The molecule has 2 amide bonds. The van der Waals surface area contributed by atoms with Crippen LogP contribution < -0.4 is 10.6 Å². The number of amides is 2. The Balaban J connectivity index is 1.94. The minimum Gasteiger partial charge on any atom is -0.478 e. The van der Waals surface area contributed by atoms with E-state index in [0.29, 0.717) is 13.0 Å². The van der Waals surface area contributed by atoms with E-state index in [0.717, 1.165) is 30.2 Å². The van der Waals surface area contributed by atoms with Crippen LogP contribution in [0.4, 0.5) is 0 Å². The first-order chi connectivity index (χ1) is 10.6. The number of hydrogen-bond donors (Lipinski definition) is 3. The van der Waals surface area contributed by atoms with Crippen molar-refractivity contribution in [3.63, 3.8) is 0 Å². The molecule has 3 N–H and O–H groups in total. The van der Waals surface area contributed by atoms with Crippen LogP contribution in [0.1, 0.15) is 32.1 Å². The molecule has 1 unspecified atom stereocenters. The molecule has 1 heterocycles. The predicted molar refractivity (Wildman–Crippen MR) is 89.7 cm³/mol. The number of hydrogen-bond acceptors (Lipinski definition) is 5. The molecule has 0 saturated carbocycles. The summed E-state index contributed by atoms with van der Waals surface area (Å²) in [5.74, 6) is -0.422. The molecule has 0 aromatic carbocycles. The number of carbonyl (C=O) groups excluding carboxylic acids is 2. The van der Waals surface area contributed by atoms with Gasteiger partial charge in [-0.15, -0.1) is 0 Å². The quantitative estimate of drug-likeness (QED) is 0.316. The van der Waals surface area contributed by atoms with Crippen molar-refractivity contribution in [2.45, 2.75) is 37.4 Å². The Labute approximate surface area is 138 Å². The van der Waals surface area contributed by atoms with Gasteiger partial charge in [-0.3, -0.25) is 9.59 Å². The lowest BCUT2D eigenvalue weighted by Crippen LogP contribution is -2.33. The zero-order valence-electron chi connectivity index (χ0n) is 12.4. The standard InChI is InChI=1S/C14H22N2O4S2/c17-12(4-2-1-3-11-7-10-21-22-11)15-8-9-16-13(18)5-6-14(19)20/h5-6,11H,1-4,7-10H2,(H,15,17)(H,16,18)(H,19,20). The molecule has 6 nitrogen and oxygen atoms in total. The smallest absolute Gasteiger partial charge is 0.328 e. The van der Waals surface area contributed by atoms with Crippen LogP contribution in [0.25, 0.3) is 0 Å². The molecule has 124 valence electrons. The van der Waals surface area contributed by atoms with Crippen LogP contribution in [0.15, 0.2) is 12.2 Å². The van der Waals surface area contributed by atoms with E-state index in [1.165, 1.54) is 18.6 Å². The number of nitrogens with one attached hydrogen (secondary N) is 2. The highest BCUT2D eigenvalue weighted by Crippen LogP contribution is 2.39. The summed E-state index contributed by atoms with van der Waals surface area (Å²) < 4.78 is 0. The van der Waals surface area contributed by atoms with Crippen molar-refractivity contribution in [1.29, 1.82) is 0 Å². The molecule has 1 atom stereocenters. The molecule has 1 saturated heterocycles. The molecular weight excluding hydrogens is 324 g/mol. The van der Waals surface area contributed by atoms with Crippen LogP contribution in [0.3, 0.4) is 0 Å². The third kappa shape index (κ3) is 9.73. The summed E-state index contributed by atoms with van der Waals surface area (Å²) in [6.45, 7) is 0.630. The maximum absolute atomic E-state index is 11.6. The van der Waals surface area contributed by atoms with Gasteiger partial charge < -0.3 is 15.7 Å². The lowest BCUT2D eigenvalue weighted by atomic mass is 10.1. The van der Waals surface area contributed by atoms with Crippen molar-refractivity contribution in [1.82, 2.24) is 10.6 Å². The average molecular weight is 346 g/mol. The van der Waals surface area contributed by atoms with E-state index in [-0.39, 0.29) is 12.5 Å². The van der Waals surface area contributed by atoms with Crippen LogP contribution in [0.5, 0.6) is 0 Å². The Hall–Kier alpha value is -1.15. The van der Waals surface area contributed by atoms with Gasteiger partial charge in [0, 0.05) is 42.7 Å². The molecule has 0 aromatic heterocycles. The van der Waals surface area contributed by atoms with Gasteiger partial charge in [-0.2, -0.15) is 0 Å². The van der Waals surface area contributed by atoms with Crippen molar-refractivity contribution in [3.8, 4) is 0 Å². The maximum atomic E-state index is 11.6. The summed E-state index contributed by atoms with van der Waals surface area (Å²) >= 11 is 0. The van der Waals surface area contributed by atoms with Gasteiger partial charge in [-0.25, -0.2) is 4.79 Å². The highest BCUT2D eigenvalue weighted by atomic mass is 33.1. The third-order valence-corrected chi connectivity index (χ3v) is 6.04. The Morgan fingerprint density at radius 1 is 1.14 bits per heavy atom. The second-order valence-corrected chi connectivity index (χ2v) is 7.67. The average Bonchev–Trinajstić information content (AvgIpc) is 2.99. The summed E-state index contributed by atoms with van der Waals surface area (Å²) in [4.78, 5) is 32.9. The highest BCUT2D eigenvalue weighted by molar-refractivity contribution is 8.77. The van der Waals surface area contributed by atoms with Crippen LogP contribution in [0, 0.1) is 0 Å². The number of aliphatic carboxylic acids is 1. The van der Waals surface area contributed by atoms with Crippen molar-refractivity contribution in [3.05, 3.63) is 12.2 Å². The summed E-state index contributed by atoms with van der Waals surface area (Å²) in [5.41, 5.74) is 0. The van der Waals surface area contributed by atoms with E-state index >= 15 is 0 Å². The largest absolute Gasteiger partial charge is 0.478 e. The molecule has 0 radical (unpaired) electrons. The van der Waals surface area contributed by atoms with Crippen molar-refractivity contribution >= 4 is 39.4 Å². The van der Waals surface area contributed by atoms with Crippen LogP contribution in [0.2, 0.25) is 0 Å². The molecule has 22 heavy (non-hydrogen) atoms. The fourth-order valence-corrected chi connectivity index (χ4v) is 4.93. The van der Waals surface area contributed by atoms with Gasteiger partial charge in [0.05, 0.1) is 0 Å². The number of unbranched alkanes of at least 4 members (excludes halogenated alkanes) is 1. The summed E-state index contributed by atoms with van der Waals surface area (Å²) in [6.07, 6.45) is 6.65. The molecule has 1 fully saturated rings. The van der Waals surface area contributed by atoms with Crippen LogP contribution in [-0.4, -0.2) is 47.0 Å². The maximum Gasteiger partial charge on any atom is 0.328 e. The van der Waals surface area contributed by atoms with Crippen molar-refractivity contribution in [2.75, 3.05) is 18.8 Å². The number of rotatable bonds is 10. The normalized spacial score (nSPS) is 17.5. The van der Waals surface area contributed by atoms with E-state index < -0.39 is 11.9 Å². The van der Waals surface area contributed by atoms with Crippen LogP contribution >= 0.6 is 21.6 Å². The Bertz CT molecular complexity index is 410. The van der Waals surface area contributed by atoms with Crippen molar-refractivity contribution in [2.24, 2.45) is 0 Å². The second-order valence-electron chi connectivity index (χ2n) is 4.89. The number of carbonyl (C=O) groups is 3. The van der Waals surface area contributed by atoms with Gasteiger partial charge in [-0.1, -0.05) is 28.0 Å². The monoisotopic (exact) mass is 346 g/mol. The minimum atomic E-state index is -1.17. The van der Waals surface area contributed by atoms with Gasteiger partial charge in [0.15, 0.2) is 0 Å². The second kappa shape index (κ2) is 11.4. The molecule has 0 aliphatic carbocycles. The fraction of sp³-hybridized carbons (Fsp3) is 0.643. The topological polar surface area (TPSA) is 95.5 Å². The first-order valence-corrected chi connectivity index (χ1v) is 9.70. The highest BCUT2D eigenvalue weighted by Gasteiger charge is 2.15. The molecule has 0 bridgehead atoms. The number of carboxylic acids is 1. The van der Waals surface area contributed by atoms with Gasteiger partial charge in [0.2, 0.25) is 11.8 Å². The molecule has 1 aliphatic heterocycles. The Morgan fingerprint density at radius 3 is 2.59 bits per heavy atom. The van der Waals surface area contributed by atoms with E-state index in [1.54, 1.807) is 0 Å². The fourth-order valence-electron chi connectivity index (χ4n) is 1.90. The minimum absolute atomic E-state index is 0.0104. The first kappa shape index (κ1) is 18.9. The third-order valence-electron chi connectivity index (χ3n) is 3.03. The molecular formula is C14H22N2O4S2. The van der Waals surface area contributed by atoms with Gasteiger partial charge in [0.25, 0.3) is 0 Å². The SMILES string of the molecule is O=C(O)C=CC(=O)NCCNC(=O)CCCCC1CCSS1. The molecule has 1 aliphatic rings. The zero-order valence-corrected chi connectivity index (χ0v) is 14.0. The predicted octanol–water partition coefficient (Wildman–Crippen LogP) is 1.57. The van der Waals surface area contributed by atoms with Crippen molar-refractivity contribution < 1.29 is 19.5 Å². The van der Waals surface area contributed by atoms with Gasteiger partial charge >= 0.3 is 5.97 Å². The summed E-state index contributed by atoms with van der Waals surface area (Å²) in [5, 5.41) is 14.3. The van der Waals surface area contributed by atoms with E-state index in [1.807, 2.05) is 21.6 Å². The van der Waals surface area contributed by atoms with Gasteiger partial charge in [0.1, 0.15) is 0 Å².